The Balaban J connectivity index is 2.15. The van der Waals surface area contributed by atoms with E-state index in [1.165, 1.54) is 6.20 Å². The number of hydrogen-bond donors (Lipinski definition) is 0. The Morgan fingerprint density at radius 3 is 2.30 bits per heavy atom. The number of carbonyl (C=O) groups is 1. The summed E-state index contributed by atoms with van der Waals surface area (Å²) in [5.41, 5.74) is 0.257. The molecule has 1 aliphatic heterocycles. The van der Waals surface area contributed by atoms with E-state index in [0.717, 1.165) is 18.9 Å². The van der Waals surface area contributed by atoms with Crippen LogP contribution in [0.4, 0.5) is 5.82 Å². The summed E-state index contributed by atoms with van der Waals surface area (Å²) in [6, 6.07) is -0.262. The van der Waals surface area contributed by atoms with Crippen LogP contribution in [0, 0.1) is 0 Å². The molecule has 1 fully saturated rings. The lowest BCUT2D eigenvalue weighted by molar-refractivity contribution is 0.0702. The van der Waals surface area contributed by atoms with Crippen molar-refractivity contribution < 1.29 is 13.2 Å². The Kier molecular flexibility index (Phi) is 5.56. The molecule has 0 aliphatic carbocycles. The second kappa shape index (κ2) is 7.25. The minimum Gasteiger partial charge on any atom is -0.356 e. The summed E-state index contributed by atoms with van der Waals surface area (Å²) in [6.45, 7) is 8.01. The summed E-state index contributed by atoms with van der Waals surface area (Å²) in [4.78, 5) is 24.8. The first-order valence-corrected chi connectivity index (χ1v) is 9.82. The van der Waals surface area contributed by atoms with Gasteiger partial charge < -0.3 is 9.80 Å². The summed E-state index contributed by atoms with van der Waals surface area (Å²) in [7, 11) is -3.03. The predicted octanol–water partition coefficient (Wildman–Crippen LogP) is 0.972. The number of nitrogens with zero attached hydrogens (tertiary/aromatic N) is 4. The van der Waals surface area contributed by atoms with Gasteiger partial charge in [0.05, 0.1) is 23.9 Å². The zero-order chi connectivity index (χ0) is 17.0. The highest BCUT2D eigenvalue weighted by molar-refractivity contribution is 7.91. The van der Waals surface area contributed by atoms with Crippen LogP contribution in [0.1, 0.15) is 37.7 Å². The molecule has 0 bridgehead atoms. The molecule has 7 nitrogen and oxygen atoms in total. The molecule has 2 rings (SSSR count). The number of amides is 1. The molecular weight excluding hydrogens is 316 g/mol. The normalized spacial score (nSPS) is 19.5. The molecule has 0 radical (unpaired) electrons. The average Bonchev–Trinajstić information content (AvgIpc) is 2.89. The van der Waals surface area contributed by atoms with Crippen LogP contribution in [-0.2, 0) is 9.84 Å². The lowest BCUT2D eigenvalue weighted by Crippen LogP contribution is -2.41. The molecule has 1 unspecified atom stereocenters. The third-order valence-electron chi connectivity index (χ3n) is 4.20. The van der Waals surface area contributed by atoms with Crippen molar-refractivity contribution in [1.82, 2.24) is 14.9 Å². The second-order valence-electron chi connectivity index (χ2n) is 5.58. The van der Waals surface area contributed by atoms with Gasteiger partial charge in [0.15, 0.2) is 9.84 Å². The molecule has 0 saturated carbocycles. The van der Waals surface area contributed by atoms with Gasteiger partial charge in [0, 0.05) is 25.7 Å². The van der Waals surface area contributed by atoms with Crippen LogP contribution in [0.2, 0.25) is 0 Å². The van der Waals surface area contributed by atoms with Gasteiger partial charge in [-0.25, -0.2) is 18.4 Å². The fraction of sp³-hybridized carbons (Fsp3) is 0.667. The van der Waals surface area contributed by atoms with E-state index in [-0.39, 0.29) is 29.1 Å². The van der Waals surface area contributed by atoms with Crippen LogP contribution in [0.5, 0.6) is 0 Å². The Bertz CT molecular complexity index is 641. The second-order valence-corrected chi connectivity index (χ2v) is 7.81. The molecule has 0 N–H and O–H groups in total. The zero-order valence-corrected chi connectivity index (χ0v) is 14.7. The van der Waals surface area contributed by atoms with Crippen molar-refractivity contribution in [3.8, 4) is 0 Å². The number of carbonyl (C=O) groups excluding carboxylic acids is 1. The molecule has 128 valence electrons. The summed E-state index contributed by atoms with van der Waals surface area (Å²) in [5, 5.41) is 0. The molecule has 23 heavy (non-hydrogen) atoms. The molecule has 1 aliphatic rings. The first kappa shape index (κ1) is 17.7. The Labute approximate surface area is 137 Å². The van der Waals surface area contributed by atoms with Gasteiger partial charge in [0.2, 0.25) is 0 Å². The van der Waals surface area contributed by atoms with Gasteiger partial charge in [-0.1, -0.05) is 0 Å². The number of anilines is 1. The molecule has 2 heterocycles. The van der Waals surface area contributed by atoms with Crippen LogP contribution in [0.15, 0.2) is 12.4 Å². The molecule has 1 saturated heterocycles. The Hall–Kier alpha value is -1.70. The van der Waals surface area contributed by atoms with Gasteiger partial charge in [-0.15, -0.1) is 0 Å². The van der Waals surface area contributed by atoms with E-state index >= 15 is 0 Å². The van der Waals surface area contributed by atoms with E-state index in [1.54, 1.807) is 11.1 Å². The van der Waals surface area contributed by atoms with Crippen LogP contribution in [0.3, 0.4) is 0 Å². The van der Waals surface area contributed by atoms with Gasteiger partial charge in [0.25, 0.3) is 5.91 Å². The quantitative estimate of drug-likeness (QED) is 0.767. The first-order chi connectivity index (χ1) is 10.9. The smallest absolute Gasteiger partial charge is 0.274 e. The van der Waals surface area contributed by atoms with Crippen LogP contribution >= 0.6 is 0 Å². The molecule has 8 heteroatoms. The standard InChI is InChI=1S/C15H24N4O3S/c1-4-18(5-2)14-10-16-13(9-17-14)15(20)19(6-3)12-7-8-23(21,22)11-12/h9-10,12H,4-8,11H2,1-3H3. The lowest BCUT2D eigenvalue weighted by atomic mass is 10.2. The van der Waals surface area contributed by atoms with Crippen molar-refractivity contribution in [3.63, 3.8) is 0 Å². The van der Waals surface area contributed by atoms with E-state index in [2.05, 4.69) is 9.97 Å². The van der Waals surface area contributed by atoms with E-state index in [1.807, 2.05) is 25.7 Å². The van der Waals surface area contributed by atoms with Crippen molar-refractivity contribution in [3.05, 3.63) is 18.1 Å². The first-order valence-electron chi connectivity index (χ1n) is 8.00. The van der Waals surface area contributed by atoms with Crippen LogP contribution in [0.25, 0.3) is 0 Å². The van der Waals surface area contributed by atoms with Gasteiger partial charge in [0.1, 0.15) is 11.5 Å². The monoisotopic (exact) mass is 340 g/mol. The number of aromatic nitrogens is 2. The van der Waals surface area contributed by atoms with Gasteiger partial charge in [-0.2, -0.15) is 0 Å². The highest BCUT2D eigenvalue weighted by Crippen LogP contribution is 2.19. The fourth-order valence-electron chi connectivity index (χ4n) is 2.88. The van der Waals surface area contributed by atoms with Gasteiger partial charge in [-0.3, -0.25) is 4.79 Å². The summed E-state index contributed by atoms with van der Waals surface area (Å²) >= 11 is 0. The highest BCUT2D eigenvalue weighted by Gasteiger charge is 2.34. The summed E-state index contributed by atoms with van der Waals surface area (Å²) in [5.74, 6) is 0.664. The molecule has 0 aromatic carbocycles. The van der Waals surface area contributed by atoms with Crippen molar-refractivity contribution in [1.29, 1.82) is 0 Å². The van der Waals surface area contributed by atoms with Gasteiger partial charge >= 0.3 is 0 Å². The van der Waals surface area contributed by atoms with E-state index < -0.39 is 9.84 Å². The maximum atomic E-state index is 12.6. The minimum absolute atomic E-state index is 0.0392. The molecular formula is C15H24N4O3S. The molecule has 0 spiro atoms. The van der Waals surface area contributed by atoms with Gasteiger partial charge in [-0.05, 0) is 27.2 Å². The highest BCUT2D eigenvalue weighted by atomic mass is 32.2. The summed E-state index contributed by atoms with van der Waals surface area (Å²) < 4.78 is 23.3. The van der Waals surface area contributed by atoms with Crippen molar-refractivity contribution in [2.24, 2.45) is 0 Å². The molecule has 1 aromatic heterocycles. The lowest BCUT2D eigenvalue weighted by Gasteiger charge is -2.26. The SMILES string of the molecule is CCN(CC)c1cnc(C(=O)N(CC)C2CCS(=O)(=O)C2)cn1. The largest absolute Gasteiger partial charge is 0.356 e. The van der Waals surface area contributed by atoms with E-state index in [0.29, 0.717) is 13.0 Å². The maximum Gasteiger partial charge on any atom is 0.274 e. The fourth-order valence-corrected chi connectivity index (χ4v) is 4.61. The van der Waals surface area contributed by atoms with E-state index in [9.17, 15) is 13.2 Å². The average molecular weight is 340 g/mol. The topological polar surface area (TPSA) is 83.5 Å². The predicted molar refractivity (Wildman–Crippen MR) is 89.4 cm³/mol. The third kappa shape index (κ3) is 3.99. The number of hydrogen-bond acceptors (Lipinski definition) is 6. The third-order valence-corrected chi connectivity index (χ3v) is 5.95. The van der Waals surface area contributed by atoms with Crippen molar-refractivity contribution >= 4 is 21.6 Å². The Morgan fingerprint density at radius 1 is 1.17 bits per heavy atom. The van der Waals surface area contributed by atoms with E-state index in [4.69, 9.17) is 0 Å². The zero-order valence-electron chi connectivity index (χ0n) is 13.9. The number of sulfone groups is 1. The van der Waals surface area contributed by atoms with Crippen molar-refractivity contribution in [2.45, 2.75) is 33.2 Å². The molecule has 1 aromatic rings. The van der Waals surface area contributed by atoms with Crippen molar-refractivity contribution in [2.75, 3.05) is 36.0 Å². The maximum absolute atomic E-state index is 12.6. The Morgan fingerprint density at radius 2 is 1.87 bits per heavy atom. The summed E-state index contributed by atoms with van der Waals surface area (Å²) in [6.07, 6.45) is 3.56. The molecule has 1 amide bonds. The minimum atomic E-state index is -3.03. The number of rotatable bonds is 6. The van der Waals surface area contributed by atoms with Crippen LogP contribution < -0.4 is 4.90 Å². The van der Waals surface area contributed by atoms with Crippen LogP contribution in [-0.4, -0.2) is 66.4 Å². The molecule has 1 atom stereocenters.